The zero-order chi connectivity index (χ0) is 13.4. The summed E-state index contributed by atoms with van der Waals surface area (Å²) in [6, 6.07) is 3.85. The fraction of sp³-hybridized carbons (Fsp3) is 0.250. The first-order valence-electron chi connectivity index (χ1n) is 5.98. The standard InChI is InChI=1S/C12H13BrN6/c1-3-9-10(7-18(2)16-9)14-12-15-11-8(13)5-4-6-19(11)17-12/h4-7H,3H2,1-2H3,(H,14,17). The SMILES string of the molecule is CCc1nn(C)cc1Nc1nc2c(Br)cccn2n1. The van der Waals surface area contributed by atoms with E-state index in [2.05, 4.69) is 43.4 Å². The molecule has 0 saturated heterocycles. The third-order valence-corrected chi connectivity index (χ3v) is 3.42. The predicted octanol–water partition coefficient (Wildman–Crippen LogP) is 2.53. The highest BCUT2D eigenvalue weighted by Gasteiger charge is 2.10. The summed E-state index contributed by atoms with van der Waals surface area (Å²) in [5.41, 5.74) is 2.73. The Bertz CT molecular complexity index is 729. The lowest BCUT2D eigenvalue weighted by atomic mass is 10.3. The fourth-order valence-electron chi connectivity index (χ4n) is 1.95. The molecule has 0 atom stereocenters. The summed E-state index contributed by atoms with van der Waals surface area (Å²) < 4.78 is 4.43. The van der Waals surface area contributed by atoms with E-state index in [9.17, 15) is 0 Å². The van der Waals surface area contributed by atoms with E-state index in [1.165, 1.54) is 0 Å². The lowest BCUT2D eigenvalue weighted by Crippen LogP contribution is -1.95. The van der Waals surface area contributed by atoms with Crippen molar-refractivity contribution in [2.24, 2.45) is 7.05 Å². The van der Waals surface area contributed by atoms with Crippen LogP contribution in [0.1, 0.15) is 12.6 Å². The summed E-state index contributed by atoms with van der Waals surface area (Å²) in [4.78, 5) is 4.45. The molecule has 0 amide bonds. The average molecular weight is 321 g/mol. The summed E-state index contributed by atoms with van der Waals surface area (Å²) in [7, 11) is 1.90. The lowest BCUT2D eigenvalue weighted by Gasteiger charge is -1.98. The first-order valence-corrected chi connectivity index (χ1v) is 6.77. The van der Waals surface area contributed by atoms with Crippen LogP contribution in [0.25, 0.3) is 5.65 Å². The van der Waals surface area contributed by atoms with Crippen molar-refractivity contribution in [1.82, 2.24) is 24.4 Å². The van der Waals surface area contributed by atoms with Crippen molar-refractivity contribution in [3.8, 4) is 0 Å². The smallest absolute Gasteiger partial charge is 0.247 e. The van der Waals surface area contributed by atoms with E-state index in [0.29, 0.717) is 5.95 Å². The van der Waals surface area contributed by atoms with E-state index in [4.69, 9.17) is 0 Å². The molecule has 3 aromatic heterocycles. The minimum absolute atomic E-state index is 0.564. The molecule has 0 saturated carbocycles. The van der Waals surface area contributed by atoms with Crippen LogP contribution >= 0.6 is 15.9 Å². The molecule has 0 spiro atoms. The molecule has 1 N–H and O–H groups in total. The lowest BCUT2D eigenvalue weighted by molar-refractivity contribution is 0.746. The van der Waals surface area contributed by atoms with Crippen molar-refractivity contribution in [3.63, 3.8) is 0 Å². The number of nitrogens with zero attached hydrogens (tertiary/aromatic N) is 5. The molecule has 0 radical (unpaired) electrons. The van der Waals surface area contributed by atoms with Crippen molar-refractivity contribution in [3.05, 3.63) is 34.7 Å². The second-order valence-corrected chi connectivity index (χ2v) is 5.06. The van der Waals surface area contributed by atoms with Gasteiger partial charge in [0, 0.05) is 19.4 Å². The van der Waals surface area contributed by atoms with Gasteiger partial charge in [0.25, 0.3) is 0 Å². The Hall–Kier alpha value is -1.89. The first kappa shape index (κ1) is 12.2. The zero-order valence-corrected chi connectivity index (χ0v) is 12.2. The van der Waals surface area contributed by atoms with Crippen LogP contribution in [-0.2, 0) is 13.5 Å². The van der Waals surface area contributed by atoms with Gasteiger partial charge in [0.05, 0.1) is 15.9 Å². The van der Waals surface area contributed by atoms with Gasteiger partial charge >= 0.3 is 0 Å². The van der Waals surface area contributed by atoms with Crippen LogP contribution in [0.15, 0.2) is 29.0 Å². The third kappa shape index (κ3) is 2.21. The molecule has 0 fully saturated rings. The van der Waals surface area contributed by atoms with Gasteiger partial charge in [-0.05, 0) is 34.5 Å². The van der Waals surface area contributed by atoms with Crippen LogP contribution in [0.4, 0.5) is 11.6 Å². The van der Waals surface area contributed by atoms with Crippen molar-refractivity contribution < 1.29 is 0 Å². The molecule has 0 aliphatic heterocycles. The van der Waals surface area contributed by atoms with Crippen molar-refractivity contribution in [2.45, 2.75) is 13.3 Å². The normalized spacial score (nSPS) is 11.1. The molecule has 0 unspecified atom stereocenters. The van der Waals surface area contributed by atoms with Crippen LogP contribution in [0, 0.1) is 0 Å². The molecule has 7 heteroatoms. The molecular weight excluding hydrogens is 308 g/mol. The van der Waals surface area contributed by atoms with Gasteiger partial charge in [-0.15, -0.1) is 5.10 Å². The largest absolute Gasteiger partial charge is 0.320 e. The van der Waals surface area contributed by atoms with E-state index in [1.54, 1.807) is 9.20 Å². The number of nitrogens with one attached hydrogen (secondary N) is 1. The molecule has 19 heavy (non-hydrogen) atoms. The molecule has 0 aliphatic carbocycles. The van der Waals surface area contributed by atoms with Crippen molar-refractivity contribution in [1.29, 1.82) is 0 Å². The number of rotatable bonds is 3. The van der Waals surface area contributed by atoms with Gasteiger partial charge in [-0.3, -0.25) is 4.68 Å². The van der Waals surface area contributed by atoms with E-state index < -0.39 is 0 Å². The molecule has 3 aromatic rings. The average Bonchev–Trinajstić information content (AvgIpc) is 2.94. The first-order chi connectivity index (χ1) is 9.17. The molecule has 3 heterocycles. The van der Waals surface area contributed by atoms with Gasteiger partial charge < -0.3 is 5.32 Å². The van der Waals surface area contributed by atoms with E-state index in [0.717, 1.165) is 27.9 Å². The van der Waals surface area contributed by atoms with Gasteiger partial charge in [-0.1, -0.05) is 6.92 Å². The fourth-order valence-corrected chi connectivity index (χ4v) is 2.37. The number of aromatic nitrogens is 5. The predicted molar refractivity (Wildman–Crippen MR) is 76.6 cm³/mol. The Morgan fingerprint density at radius 2 is 2.21 bits per heavy atom. The molecule has 0 aliphatic rings. The van der Waals surface area contributed by atoms with Gasteiger partial charge in [-0.2, -0.15) is 10.1 Å². The molecule has 6 nitrogen and oxygen atoms in total. The molecule has 3 rings (SSSR count). The van der Waals surface area contributed by atoms with E-state index in [-0.39, 0.29) is 0 Å². The molecule has 0 aromatic carbocycles. The van der Waals surface area contributed by atoms with Crippen molar-refractivity contribution in [2.75, 3.05) is 5.32 Å². The second-order valence-electron chi connectivity index (χ2n) is 4.20. The van der Waals surface area contributed by atoms with Crippen LogP contribution < -0.4 is 5.32 Å². The second kappa shape index (κ2) is 4.65. The summed E-state index contributed by atoms with van der Waals surface area (Å²) in [6.07, 6.45) is 4.65. The topological polar surface area (TPSA) is 60.0 Å². The van der Waals surface area contributed by atoms with Crippen LogP contribution in [0.2, 0.25) is 0 Å². The Kier molecular flexibility index (Phi) is 2.98. The van der Waals surface area contributed by atoms with E-state index in [1.807, 2.05) is 31.6 Å². The number of hydrogen-bond donors (Lipinski definition) is 1. The number of anilines is 2. The number of fused-ring (bicyclic) bond motifs is 1. The van der Waals surface area contributed by atoms with Crippen molar-refractivity contribution >= 4 is 33.2 Å². The maximum Gasteiger partial charge on any atom is 0.247 e. The maximum atomic E-state index is 4.45. The highest BCUT2D eigenvalue weighted by Crippen LogP contribution is 2.21. The number of aryl methyl sites for hydroxylation is 2. The highest BCUT2D eigenvalue weighted by molar-refractivity contribution is 9.10. The number of halogens is 1. The van der Waals surface area contributed by atoms with Gasteiger partial charge in [0.15, 0.2) is 5.65 Å². The highest BCUT2D eigenvalue weighted by atomic mass is 79.9. The Labute approximate surface area is 118 Å². The quantitative estimate of drug-likeness (QED) is 0.805. The minimum Gasteiger partial charge on any atom is -0.320 e. The van der Waals surface area contributed by atoms with Crippen LogP contribution in [0.3, 0.4) is 0 Å². The van der Waals surface area contributed by atoms with E-state index >= 15 is 0 Å². The number of pyridine rings is 1. The van der Waals surface area contributed by atoms with Gasteiger partial charge in [-0.25, -0.2) is 4.52 Å². The van der Waals surface area contributed by atoms with Crippen LogP contribution in [-0.4, -0.2) is 24.4 Å². The van der Waals surface area contributed by atoms with Gasteiger partial charge in [0.2, 0.25) is 5.95 Å². The monoisotopic (exact) mass is 320 g/mol. The summed E-state index contributed by atoms with van der Waals surface area (Å²) in [6.45, 7) is 2.07. The Morgan fingerprint density at radius 3 is 2.95 bits per heavy atom. The molecular formula is C12H13BrN6. The number of hydrogen-bond acceptors (Lipinski definition) is 4. The van der Waals surface area contributed by atoms with Gasteiger partial charge in [0.1, 0.15) is 0 Å². The summed E-state index contributed by atoms with van der Waals surface area (Å²) in [5.74, 6) is 0.564. The Balaban J connectivity index is 1.99. The third-order valence-electron chi connectivity index (χ3n) is 2.80. The molecule has 0 bridgehead atoms. The summed E-state index contributed by atoms with van der Waals surface area (Å²) in [5, 5.41) is 12.0. The maximum absolute atomic E-state index is 4.45. The van der Waals surface area contributed by atoms with Crippen LogP contribution in [0.5, 0.6) is 0 Å². The summed E-state index contributed by atoms with van der Waals surface area (Å²) >= 11 is 3.46. The zero-order valence-electron chi connectivity index (χ0n) is 10.6. The minimum atomic E-state index is 0.564. The Morgan fingerprint density at radius 1 is 1.37 bits per heavy atom. The molecule has 98 valence electrons.